The Hall–Kier alpha value is -2.02. The highest BCUT2D eigenvalue weighted by Gasteiger charge is 2.78. The van der Waals surface area contributed by atoms with Crippen LogP contribution in [-0.2, 0) is 24.5 Å². The summed E-state index contributed by atoms with van der Waals surface area (Å²) in [6, 6.07) is 8.45. The van der Waals surface area contributed by atoms with Gasteiger partial charge in [0.15, 0.2) is 6.29 Å². The number of hydrogen-bond donors (Lipinski definition) is 0. The van der Waals surface area contributed by atoms with E-state index in [9.17, 15) is 4.79 Å². The van der Waals surface area contributed by atoms with Crippen LogP contribution in [0.25, 0.3) is 0 Å². The number of carbonyl (C=O) groups excluding carboxylic acids is 1. The van der Waals surface area contributed by atoms with Crippen LogP contribution in [0.5, 0.6) is 0 Å². The maximum atomic E-state index is 13.3. The lowest BCUT2D eigenvalue weighted by Gasteiger charge is -2.63. The molecule has 4 heterocycles. The van der Waals surface area contributed by atoms with Crippen molar-refractivity contribution in [3.05, 3.63) is 41.5 Å². The Morgan fingerprint density at radius 2 is 2.25 bits per heavy atom. The molecule has 8 atom stereocenters. The number of piperidine rings is 2. The number of hydrogen-bond acceptors (Lipinski definition) is 6. The summed E-state index contributed by atoms with van der Waals surface area (Å²) in [5.41, 5.74) is 3.95. The van der Waals surface area contributed by atoms with Crippen LogP contribution in [0.1, 0.15) is 25.8 Å². The van der Waals surface area contributed by atoms with Crippen LogP contribution < -0.4 is 0 Å². The Labute approximate surface area is 164 Å². The molecule has 146 valence electrons. The number of aliphatic imine (C=N–C) groups is 1. The minimum Gasteiger partial charge on any atom is -0.469 e. The van der Waals surface area contributed by atoms with E-state index in [1.54, 1.807) is 0 Å². The molecule has 6 heteroatoms. The van der Waals surface area contributed by atoms with E-state index in [0.29, 0.717) is 6.61 Å². The van der Waals surface area contributed by atoms with E-state index in [4.69, 9.17) is 19.3 Å². The van der Waals surface area contributed by atoms with E-state index < -0.39 is 11.7 Å². The third kappa shape index (κ3) is 1.64. The fourth-order valence-corrected chi connectivity index (χ4v) is 6.90. The fourth-order valence-electron chi connectivity index (χ4n) is 6.90. The molecule has 6 nitrogen and oxygen atoms in total. The summed E-state index contributed by atoms with van der Waals surface area (Å²) in [6.45, 7) is 4.62. The Balaban J connectivity index is 1.68. The Kier molecular flexibility index (Phi) is 3.33. The number of rotatable bonds is 3. The summed E-state index contributed by atoms with van der Waals surface area (Å²) in [5.74, 6) is -0.316. The second kappa shape index (κ2) is 5.53. The summed E-state index contributed by atoms with van der Waals surface area (Å²) in [4.78, 5) is 24.7. The van der Waals surface area contributed by atoms with E-state index in [0.717, 1.165) is 23.4 Å². The molecule has 0 radical (unpaired) electrons. The summed E-state index contributed by atoms with van der Waals surface area (Å²) in [5, 5.41) is 2.12. The summed E-state index contributed by atoms with van der Waals surface area (Å²) in [6.07, 6.45) is 2.61. The van der Waals surface area contributed by atoms with E-state index in [1.165, 1.54) is 12.7 Å². The third-order valence-corrected chi connectivity index (χ3v) is 7.56. The van der Waals surface area contributed by atoms with Gasteiger partial charge in [0.05, 0.1) is 41.9 Å². The lowest BCUT2D eigenvalue weighted by atomic mass is 9.42. The number of allylic oxidation sites excluding steroid dienone is 1. The molecule has 6 aliphatic rings. The van der Waals surface area contributed by atoms with Gasteiger partial charge >= 0.3 is 5.97 Å². The van der Waals surface area contributed by atoms with Crippen LogP contribution in [0.4, 0.5) is 5.69 Å². The molecule has 2 aliphatic carbocycles. The van der Waals surface area contributed by atoms with Crippen molar-refractivity contribution in [3.63, 3.8) is 0 Å². The first-order valence-electron chi connectivity index (χ1n) is 10.2. The molecule has 5 fully saturated rings. The fraction of sp³-hybridized carbons (Fsp3) is 0.545. The van der Waals surface area contributed by atoms with Crippen LogP contribution in [0.3, 0.4) is 0 Å². The Morgan fingerprint density at radius 3 is 3.00 bits per heavy atom. The van der Waals surface area contributed by atoms with Gasteiger partial charge in [-0.3, -0.25) is 14.6 Å². The van der Waals surface area contributed by atoms with Gasteiger partial charge in [0, 0.05) is 12.5 Å². The van der Waals surface area contributed by atoms with Crippen LogP contribution >= 0.6 is 0 Å². The average Bonchev–Trinajstić information content (AvgIpc) is 3.24. The van der Waals surface area contributed by atoms with Crippen molar-refractivity contribution in [2.45, 2.75) is 44.1 Å². The highest BCUT2D eigenvalue weighted by atomic mass is 16.8. The number of para-hydroxylation sites is 1. The lowest BCUT2D eigenvalue weighted by molar-refractivity contribution is -0.249. The minimum atomic E-state index is -0.513. The van der Waals surface area contributed by atoms with Crippen molar-refractivity contribution in [2.75, 3.05) is 13.7 Å². The molecule has 7 rings (SSSR count). The van der Waals surface area contributed by atoms with Gasteiger partial charge in [-0.2, -0.15) is 5.06 Å². The average molecular weight is 380 g/mol. The largest absolute Gasteiger partial charge is 0.469 e. The summed E-state index contributed by atoms with van der Waals surface area (Å²) in [7, 11) is 1.49. The predicted octanol–water partition coefficient (Wildman–Crippen LogP) is 2.76. The molecular formula is C22H24N2O4. The molecule has 2 saturated carbocycles. The molecule has 0 aromatic heterocycles. The predicted molar refractivity (Wildman–Crippen MR) is 102 cm³/mol. The maximum Gasteiger partial charge on any atom is 0.310 e. The van der Waals surface area contributed by atoms with Gasteiger partial charge < -0.3 is 9.47 Å². The first-order valence-corrected chi connectivity index (χ1v) is 10.2. The van der Waals surface area contributed by atoms with Crippen LogP contribution in [0, 0.1) is 17.8 Å². The van der Waals surface area contributed by atoms with Gasteiger partial charge in [-0.25, -0.2) is 0 Å². The SMILES string of the molecule is C/C=C1/C2[C@@H]3[C@@H](OCC)ON2[C@H]2C[C@@H]1[C@@H](C(=O)OC)[C@]31C2=Nc2ccccc21. The molecule has 6 bridgehead atoms. The zero-order chi connectivity index (χ0) is 19.2. The first-order chi connectivity index (χ1) is 13.7. The smallest absolute Gasteiger partial charge is 0.310 e. The number of nitrogens with zero attached hydrogens (tertiary/aromatic N) is 2. The topological polar surface area (TPSA) is 60.4 Å². The van der Waals surface area contributed by atoms with Gasteiger partial charge in [0.2, 0.25) is 0 Å². The highest BCUT2D eigenvalue weighted by molar-refractivity contribution is 6.10. The quantitative estimate of drug-likeness (QED) is 0.596. The van der Waals surface area contributed by atoms with E-state index >= 15 is 0 Å². The molecular weight excluding hydrogens is 356 g/mol. The van der Waals surface area contributed by atoms with E-state index in [2.05, 4.69) is 30.2 Å². The standard InChI is InChI=1S/C22H24N2O4/c1-4-11-12-10-15-19-22(16(12)20(25)26-3,13-8-6-7-9-14(13)23-19)17-18(11)24(15)28-21(17)27-5-2/h4,6-9,12,15-18,21H,5,10H2,1-3H3/b11-4+/t12-,15-,16-,17+,18?,21-,22-/m0/s1. The molecule has 2 unspecified atom stereocenters. The molecule has 0 N–H and O–H groups in total. The van der Waals surface area contributed by atoms with Crippen molar-refractivity contribution >= 4 is 17.4 Å². The highest BCUT2D eigenvalue weighted by Crippen LogP contribution is 2.69. The molecule has 0 amide bonds. The van der Waals surface area contributed by atoms with Gasteiger partial charge in [-0.15, -0.1) is 0 Å². The van der Waals surface area contributed by atoms with Crippen molar-refractivity contribution < 1.29 is 19.1 Å². The number of ether oxygens (including phenoxy) is 2. The van der Waals surface area contributed by atoms with Crippen molar-refractivity contribution in [2.24, 2.45) is 22.7 Å². The third-order valence-electron chi connectivity index (χ3n) is 7.56. The van der Waals surface area contributed by atoms with Gasteiger partial charge in [-0.05, 0) is 37.8 Å². The van der Waals surface area contributed by atoms with Crippen LogP contribution in [0.2, 0.25) is 0 Å². The normalized spacial score (nSPS) is 45.2. The minimum absolute atomic E-state index is 0.0158. The molecule has 1 spiro atoms. The van der Waals surface area contributed by atoms with Crippen molar-refractivity contribution in [1.29, 1.82) is 0 Å². The molecule has 28 heavy (non-hydrogen) atoms. The molecule has 1 aromatic carbocycles. The van der Waals surface area contributed by atoms with E-state index in [-0.39, 0.29) is 35.8 Å². The number of esters is 1. The Bertz CT molecular complexity index is 940. The summed E-state index contributed by atoms with van der Waals surface area (Å²) >= 11 is 0. The van der Waals surface area contributed by atoms with Crippen molar-refractivity contribution in [3.8, 4) is 0 Å². The molecule has 4 aliphatic heterocycles. The molecule has 3 saturated heterocycles. The van der Waals surface area contributed by atoms with Gasteiger partial charge in [0.25, 0.3) is 0 Å². The van der Waals surface area contributed by atoms with Crippen LogP contribution in [0.15, 0.2) is 40.9 Å². The molecule has 1 aromatic rings. The van der Waals surface area contributed by atoms with E-state index in [1.807, 2.05) is 19.1 Å². The monoisotopic (exact) mass is 380 g/mol. The Morgan fingerprint density at radius 1 is 1.43 bits per heavy atom. The number of hydroxylamine groups is 2. The number of carbonyl (C=O) groups is 1. The number of fused-ring (bicyclic) bond motifs is 1. The van der Waals surface area contributed by atoms with Crippen LogP contribution in [-0.4, -0.2) is 48.8 Å². The van der Waals surface area contributed by atoms with Crippen molar-refractivity contribution in [1.82, 2.24) is 5.06 Å². The summed E-state index contributed by atoms with van der Waals surface area (Å²) < 4.78 is 11.5. The lowest BCUT2D eigenvalue weighted by Crippen LogP contribution is -2.75. The zero-order valence-electron chi connectivity index (χ0n) is 16.3. The number of methoxy groups -OCH3 is 1. The second-order valence-corrected chi connectivity index (χ2v) is 8.29. The second-order valence-electron chi connectivity index (χ2n) is 8.29. The zero-order valence-corrected chi connectivity index (χ0v) is 16.3. The first kappa shape index (κ1) is 16.9. The van der Waals surface area contributed by atoms with Gasteiger partial charge in [-0.1, -0.05) is 29.8 Å². The number of benzene rings is 1. The maximum absolute atomic E-state index is 13.3. The van der Waals surface area contributed by atoms with Gasteiger partial charge in [0.1, 0.15) is 0 Å².